The van der Waals surface area contributed by atoms with E-state index in [1.807, 2.05) is 49.4 Å². The maximum atomic E-state index is 9.57. The normalized spacial score (nSPS) is 11.1. The Balaban J connectivity index is 0.000000250. The fourth-order valence-corrected chi connectivity index (χ4v) is 4.83. The Morgan fingerprint density at radius 2 is 1.09 bits per heavy atom. The zero-order chi connectivity index (χ0) is 25.6. The van der Waals surface area contributed by atoms with Crippen molar-refractivity contribution in [1.29, 1.82) is 0 Å². The number of thiophene rings is 1. The fraction of sp³-hybridized carbons (Fsp3) is 0.414. The Hall–Kier alpha value is -1.68. The van der Waals surface area contributed by atoms with E-state index in [4.69, 9.17) is 0 Å². The number of benzene rings is 2. The number of aryl methyl sites for hydroxylation is 4. The SMILES string of the molecule is Cc1cc([CH]=[Ti])c(C)s1.Cc1ccc(O)c(C(C)(C)C)c1.Cc1ccc(O)c(C(C)(C)C)c1. The Bertz CT molecular complexity index is 1000. The molecule has 0 amide bonds. The van der Waals surface area contributed by atoms with E-state index in [9.17, 15) is 10.2 Å². The molecule has 3 rings (SSSR count). The van der Waals surface area contributed by atoms with Crippen molar-refractivity contribution in [2.24, 2.45) is 0 Å². The van der Waals surface area contributed by atoms with Crippen molar-refractivity contribution in [3.8, 4) is 11.5 Å². The molecule has 0 radical (unpaired) electrons. The van der Waals surface area contributed by atoms with Gasteiger partial charge in [-0.05, 0) is 47.9 Å². The summed E-state index contributed by atoms with van der Waals surface area (Å²) in [6, 6.07) is 13.7. The molecule has 4 heteroatoms. The van der Waals surface area contributed by atoms with Crippen LogP contribution in [0.1, 0.15) is 79.1 Å². The Morgan fingerprint density at radius 1 is 0.697 bits per heavy atom. The molecule has 0 aliphatic heterocycles. The van der Waals surface area contributed by atoms with Gasteiger partial charge in [0, 0.05) is 0 Å². The first-order valence-corrected chi connectivity index (χ1v) is 13.0. The summed E-state index contributed by atoms with van der Waals surface area (Å²) in [6.45, 7) is 21.0. The summed E-state index contributed by atoms with van der Waals surface area (Å²) in [7, 11) is 0. The minimum atomic E-state index is 0.0239. The second kappa shape index (κ2) is 12.2. The zero-order valence-corrected chi connectivity index (χ0v) is 24.3. The summed E-state index contributed by atoms with van der Waals surface area (Å²) in [4.78, 5) is 2.83. The Kier molecular flexibility index (Phi) is 10.8. The van der Waals surface area contributed by atoms with Crippen LogP contribution in [0, 0.1) is 27.7 Å². The molecular weight excluding hydrogens is 460 g/mol. The molecule has 33 heavy (non-hydrogen) atoms. The van der Waals surface area contributed by atoms with E-state index in [0.29, 0.717) is 11.5 Å². The number of rotatable bonds is 1. The van der Waals surface area contributed by atoms with Crippen LogP contribution in [0.2, 0.25) is 0 Å². The van der Waals surface area contributed by atoms with Crippen molar-refractivity contribution in [3.63, 3.8) is 0 Å². The summed E-state index contributed by atoms with van der Waals surface area (Å²) < 4.78 is 2.15. The number of hydrogen-bond acceptors (Lipinski definition) is 3. The molecule has 2 nitrogen and oxygen atoms in total. The first kappa shape index (κ1) is 29.4. The summed E-state index contributed by atoms with van der Waals surface area (Å²) in [5, 5.41) is 19.1. The van der Waals surface area contributed by atoms with Gasteiger partial charge in [0.05, 0.1) is 0 Å². The first-order valence-electron chi connectivity index (χ1n) is 11.2. The second-order valence-corrected chi connectivity index (χ2v) is 12.5. The van der Waals surface area contributed by atoms with E-state index in [1.165, 1.54) is 26.4 Å². The van der Waals surface area contributed by atoms with Crippen LogP contribution in [-0.4, -0.2) is 14.5 Å². The van der Waals surface area contributed by atoms with Gasteiger partial charge in [-0.1, -0.05) is 76.9 Å². The molecule has 0 spiro atoms. The fourth-order valence-electron chi connectivity index (χ4n) is 3.29. The summed E-state index contributed by atoms with van der Waals surface area (Å²) in [5.74, 6) is 0.793. The molecule has 3 aromatic rings. The van der Waals surface area contributed by atoms with E-state index < -0.39 is 0 Å². The van der Waals surface area contributed by atoms with Gasteiger partial charge in [-0.2, -0.15) is 0 Å². The van der Waals surface area contributed by atoms with Crippen molar-refractivity contribution in [1.82, 2.24) is 0 Å². The first-order chi connectivity index (χ1) is 15.1. The van der Waals surface area contributed by atoms with Crippen LogP contribution in [0.3, 0.4) is 0 Å². The largest absolute Gasteiger partial charge is 0.508 e. The number of phenols is 2. The Labute approximate surface area is 216 Å². The van der Waals surface area contributed by atoms with E-state index in [-0.39, 0.29) is 10.8 Å². The second-order valence-electron chi connectivity index (χ2n) is 10.6. The average Bonchev–Trinajstić information content (AvgIpc) is 3.02. The maximum absolute atomic E-state index is 9.57. The predicted octanol–water partition coefficient (Wildman–Crippen LogP) is 8.06. The van der Waals surface area contributed by atoms with E-state index >= 15 is 0 Å². The van der Waals surface area contributed by atoms with Crippen molar-refractivity contribution < 1.29 is 30.2 Å². The van der Waals surface area contributed by atoms with Gasteiger partial charge in [0.15, 0.2) is 0 Å². The molecule has 1 heterocycles. The van der Waals surface area contributed by atoms with Gasteiger partial charge >= 0.3 is 70.9 Å². The van der Waals surface area contributed by atoms with Gasteiger partial charge in [-0.3, -0.25) is 0 Å². The van der Waals surface area contributed by atoms with Crippen LogP contribution >= 0.6 is 11.3 Å². The summed E-state index contributed by atoms with van der Waals surface area (Å²) in [5.41, 5.74) is 5.85. The average molecular weight is 501 g/mol. The molecule has 1 aromatic heterocycles. The van der Waals surface area contributed by atoms with Crippen LogP contribution in [0.25, 0.3) is 0 Å². The van der Waals surface area contributed by atoms with E-state index in [1.54, 1.807) is 12.1 Å². The molecule has 0 saturated carbocycles. The van der Waals surface area contributed by atoms with Gasteiger partial charge in [-0.15, -0.1) is 0 Å². The molecule has 0 aliphatic carbocycles. The van der Waals surface area contributed by atoms with Gasteiger partial charge in [0.25, 0.3) is 0 Å². The molecule has 2 aromatic carbocycles. The van der Waals surface area contributed by atoms with Gasteiger partial charge in [0.2, 0.25) is 0 Å². The topological polar surface area (TPSA) is 40.5 Å². The summed E-state index contributed by atoms with van der Waals surface area (Å²) in [6.07, 6.45) is 0. The van der Waals surface area contributed by atoms with E-state index in [2.05, 4.69) is 85.7 Å². The number of aromatic hydroxyl groups is 2. The molecule has 178 valence electrons. The Morgan fingerprint density at radius 3 is 1.30 bits per heavy atom. The van der Waals surface area contributed by atoms with Crippen LogP contribution in [0.15, 0.2) is 42.5 Å². The van der Waals surface area contributed by atoms with Crippen LogP contribution in [0.4, 0.5) is 0 Å². The number of phenolic OH excluding ortho intramolecular Hbond substituents is 2. The number of hydrogen-bond donors (Lipinski definition) is 2. The minimum Gasteiger partial charge on any atom is -0.508 e. The molecule has 2 N–H and O–H groups in total. The molecule has 0 saturated heterocycles. The van der Waals surface area contributed by atoms with E-state index in [0.717, 1.165) is 11.1 Å². The van der Waals surface area contributed by atoms with Gasteiger partial charge < -0.3 is 10.2 Å². The molecule has 0 atom stereocenters. The quantitative estimate of drug-likeness (QED) is 0.332. The van der Waals surface area contributed by atoms with Crippen molar-refractivity contribution in [2.75, 3.05) is 0 Å². The third kappa shape index (κ3) is 9.61. The monoisotopic (exact) mass is 500 g/mol. The third-order valence-corrected chi connectivity index (χ3v) is 6.62. The van der Waals surface area contributed by atoms with Crippen LogP contribution < -0.4 is 0 Å². The molecule has 0 fully saturated rings. The van der Waals surface area contributed by atoms with Crippen molar-refractivity contribution in [3.05, 3.63) is 80.0 Å². The maximum Gasteiger partial charge on any atom is 0.119 e. The van der Waals surface area contributed by atoms with Crippen molar-refractivity contribution in [2.45, 2.75) is 80.1 Å². The predicted molar refractivity (Wildman–Crippen MR) is 142 cm³/mol. The minimum absolute atomic E-state index is 0.0239. The van der Waals surface area contributed by atoms with Gasteiger partial charge in [-0.25, -0.2) is 0 Å². The summed E-state index contributed by atoms with van der Waals surface area (Å²) >= 11 is 3.94. The van der Waals surface area contributed by atoms with Gasteiger partial charge in [0.1, 0.15) is 11.5 Å². The standard InChI is InChI=1S/2C11H16O.C7H8S.Ti/c2*1-8-5-6-10(12)9(7-8)11(2,3)4;1-5-4-6(2)8-7(5)3;/h2*5-7,12H,1-4H3;1,4H,2-3H3;. The molecule has 0 bridgehead atoms. The van der Waals surface area contributed by atoms with Crippen LogP contribution in [-0.2, 0) is 30.8 Å². The smallest absolute Gasteiger partial charge is 0.119 e. The molecule has 0 unspecified atom stereocenters. The third-order valence-electron chi connectivity index (χ3n) is 5.16. The molecule has 0 aliphatic rings. The van der Waals surface area contributed by atoms with Crippen molar-refractivity contribution >= 4 is 15.7 Å². The molecular formula is C29H40O2STi. The zero-order valence-electron chi connectivity index (χ0n) is 21.9. The van der Waals surface area contributed by atoms with Crippen LogP contribution in [0.5, 0.6) is 11.5 Å².